The molecule has 0 heterocycles. The van der Waals surface area contributed by atoms with Crippen molar-refractivity contribution in [3.8, 4) is 0 Å². The Hall–Kier alpha value is -1.66. The number of allylic oxidation sites excluding steroid dienone is 1. The average Bonchev–Trinajstić information content (AvgIpc) is 3.30. The third kappa shape index (κ3) is 4.92. The van der Waals surface area contributed by atoms with Crippen LogP contribution in [0.4, 0.5) is 0 Å². The van der Waals surface area contributed by atoms with Crippen LogP contribution in [-0.4, -0.2) is 47.6 Å². The lowest BCUT2D eigenvalue weighted by Gasteiger charge is -2.29. The van der Waals surface area contributed by atoms with E-state index in [-0.39, 0.29) is 42.1 Å². The number of ether oxygens (including phenoxy) is 1. The Morgan fingerprint density at radius 3 is 2.72 bits per heavy atom. The maximum absolute atomic E-state index is 12.4. The number of Topliss-reactive ketones (excluding diaryl/α,β-unsaturated/α-hetero) is 1. The van der Waals surface area contributed by atoms with Crippen LogP contribution in [-0.2, 0) is 14.3 Å². The first-order valence-electron chi connectivity index (χ1n) is 9.16. The molecule has 6 heteroatoms. The molecule has 2 aliphatic rings. The molecule has 0 aromatic rings. The Kier molecular flexibility index (Phi) is 6.79. The molecule has 1 saturated carbocycles. The molecule has 140 valence electrons. The summed E-state index contributed by atoms with van der Waals surface area (Å²) in [4.78, 5) is 24.3. The lowest BCUT2D eigenvalue weighted by atomic mass is 9.98. The van der Waals surface area contributed by atoms with Gasteiger partial charge in [0.15, 0.2) is 0 Å². The van der Waals surface area contributed by atoms with E-state index in [0.717, 1.165) is 19.4 Å². The number of hydrogen-bond acceptors (Lipinski definition) is 5. The van der Waals surface area contributed by atoms with E-state index in [9.17, 15) is 14.7 Å². The van der Waals surface area contributed by atoms with Crippen LogP contribution in [0.15, 0.2) is 24.0 Å². The van der Waals surface area contributed by atoms with Crippen molar-refractivity contribution in [1.29, 1.82) is 0 Å². The maximum Gasteiger partial charge on any atom is 0.246 e. The molecule has 1 amide bonds. The van der Waals surface area contributed by atoms with Crippen LogP contribution < -0.4 is 10.6 Å². The van der Waals surface area contributed by atoms with E-state index in [2.05, 4.69) is 24.5 Å². The molecule has 0 aromatic heterocycles. The van der Waals surface area contributed by atoms with Crippen LogP contribution in [0.1, 0.15) is 46.5 Å². The highest BCUT2D eigenvalue weighted by molar-refractivity contribution is 5.87. The Bertz CT molecular complexity index is 558. The van der Waals surface area contributed by atoms with Gasteiger partial charge < -0.3 is 20.5 Å². The normalized spacial score (nSPS) is 29.0. The fourth-order valence-corrected chi connectivity index (χ4v) is 3.60. The van der Waals surface area contributed by atoms with Gasteiger partial charge in [-0.25, -0.2) is 0 Å². The van der Waals surface area contributed by atoms with Crippen molar-refractivity contribution in [3.05, 3.63) is 24.0 Å². The van der Waals surface area contributed by atoms with Gasteiger partial charge in [-0.1, -0.05) is 19.9 Å². The topological polar surface area (TPSA) is 87.7 Å². The highest BCUT2D eigenvalue weighted by atomic mass is 16.5. The van der Waals surface area contributed by atoms with E-state index in [1.807, 2.05) is 0 Å². The van der Waals surface area contributed by atoms with Gasteiger partial charge in [0, 0.05) is 12.0 Å². The van der Waals surface area contributed by atoms with E-state index < -0.39 is 5.54 Å². The van der Waals surface area contributed by atoms with Gasteiger partial charge in [-0.2, -0.15) is 0 Å². The number of nitrogens with one attached hydrogen (secondary N) is 2. The van der Waals surface area contributed by atoms with Crippen LogP contribution in [0.25, 0.3) is 0 Å². The van der Waals surface area contributed by atoms with Crippen molar-refractivity contribution in [3.63, 3.8) is 0 Å². The number of carbonyl (C=O) groups excluding carboxylic acids is 2. The summed E-state index contributed by atoms with van der Waals surface area (Å²) in [6.45, 7) is 6.56. The SMILES string of the molecule is CCCNC(CC)C1(NC(=O)COC2C=CC(O)=CC2)CC1C(C)=O. The second kappa shape index (κ2) is 8.63. The van der Waals surface area contributed by atoms with Gasteiger partial charge in [0.05, 0.1) is 11.6 Å². The molecule has 25 heavy (non-hydrogen) atoms. The van der Waals surface area contributed by atoms with Gasteiger partial charge in [-0.15, -0.1) is 0 Å². The van der Waals surface area contributed by atoms with E-state index in [1.165, 1.54) is 0 Å². The molecule has 0 saturated heterocycles. The van der Waals surface area contributed by atoms with Gasteiger partial charge in [0.1, 0.15) is 18.1 Å². The third-order valence-corrected chi connectivity index (χ3v) is 5.01. The highest BCUT2D eigenvalue weighted by Crippen LogP contribution is 2.47. The molecule has 0 bridgehead atoms. The van der Waals surface area contributed by atoms with Gasteiger partial charge in [0.25, 0.3) is 0 Å². The summed E-state index contributed by atoms with van der Waals surface area (Å²) in [7, 11) is 0. The van der Waals surface area contributed by atoms with Crippen molar-refractivity contribution in [2.24, 2.45) is 5.92 Å². The minimum absolute atomic E-state index is 0.0554. The third-order valence-electron chi connectivity index (χ3n) is 5.01. The van der Waals surface area contributed by atoms with Gasteiger partial charge in [-0.05, 0) is 51.3 Å². The summed E-state index contributed by atoms with van der Waals surface area (Å²) in [6.07, 6.45) is 7.85. The maximum atomic E-state index is 12.4. The zero-order chi connectivity index (χ0) is 18.4. The molecule has 6 nitrogen and oxygen atoms in total. The van der Waals surface area contributed by atoms with Gasteiger partial charge in [0.2, 0.25) is 5.91 Å². The molecular weight excluding hydrogens is 320 g/mol. The Balaban J connectivity index is 1.92. The van der Waals surface area contributed by atoms with Crippen molar-refractivity contribution < 1.29 is 19.4 Å². The molecule has 2 aliphatic carbocycles. The minimum Gasteiger partial charge on any atom is -0.508 e. The molecule has 0 aliphatic heterocycles. The Morgan fingerprint density at radius 2 is 2.20 bits per heavy atom. The number of ketones is 1. The zero-order valence-electron chi connectivity index (χ0n) is 15.4. The van der Waals surface area contributed by atoms with E-state index in [0.29, 0.717) is 12.8 Å². The first-order chi connectivity index (χ1) is 11.9. The lowest BCUT2D eigenvalue weighted by Crippen LogP contribution is -2.55. The number of amides is 1. The largest absolute Gasteiger partial charge is 0.508 e. The molecule has 1 fully saturated rings. The van der Waals surface area contributed by atoms with Crippen molar-refractivity contribution in [1.82, 2.24) is 10.6 Å². The zero-order valence-corrected chi connectivity index (χ0v) is 15.4. The van der Waals surface area contributed by atoms with Gasteiger partial charge >= 0.3 is 0 Å². The second-order valence-corrected chi connectivity index (χ2v) is 6.94. The molecule has 0 radical (unpaired) electrons. The average molecular weight is 350 g/mol. The number of carbonyl (C=O) groups is 2. The molecule has 4 atom stereocenters. The van der Waals surface area contributed by atoms with Crippen LogP contribution in [0, 0.1) is 5.92 Å². The van der Waals surface area contributed by atoms with Crippen LogP contribution in [0.3, 0.4) is 0 Å². The van der Waals surface area contributed by atoms with Crippen molar-refractivity contribution in [2.75, 3.05) is 13.2 Å². The van der Waals surface area contributed by atoms with Crippen LogP contribution in [0.2, 0.25) is 0 Å². The number of hydrogen-bond donors (Lipinski definition) is 3. The Labute approximate surface area is 149 Å². The second-order valence-electron chi connectivity index (χ2n) is 6.94. The molecule has 3 N–H and O–H groups in total. The summed E-state index contributed by atoms with van der Waals surface area (Å²) >= 11 is 0. The summed E-state index contributed by atoms with van der Waals surface area (Å²) in [6, 6.07) is 0.0831. The quantitative estimate of drug-likeness (QED) is 0.561. The number of aliphatic hydroxyl groups excluding tert-OH is 1. The number of rotatable bonds is 10. The molecule has 0 aromatic carbocycles. The lowest BCUT2D eigenvalue weighted by molar-refractivity contribution is -0.128. The number of aliphatic hydroxyl groups is 1. The van der Waals surface area contributed by atoms with E-state index in [1.54, 1.807) is 25.2 Å². The standard InChI is InChI=1S/C19H30N2O4/c1-4-10-20-17(5-2)19(11-16(19)13(3)22)21-18(24)12-25-15-8-6-14(23)7-9-15/h6-8,15-17,20,23H,4-5,9-12H2,1-3H3,(H,21,24). The predicted octanol–water partition coefficient (Wildman–Crippen LogP) is 2.02. The first-order valence-corrected chi connectivity index (χ1v) is 9.16. The fourth-order valence-electron chi connectivity index (χ4n) is 3.60. The Morgan fingerprint density at radius 1 is 1.44 bits per heavy atom. The summed E-state index contributed by atoms with van der Waals surface area (Å²) < 4.78 is 5.60. The highest BCUT2D eigenvalue weighted by Gasteiger charge is 2.61. The van der Waals surface area contributed by atoms with Gasteiger partial charge in [-0.3, -0.25) is 9.59 Å². The van der Waals surface area contributed by atoms with E-state index in [4.69, 9.17) is 4.74 Å². The minimum atomic E-state index is -0.489. The van der Waals surface area contributed by atoms with Crippen molar-refractivity contribution >= 4 is 11.7 Å². The smallest absolute Gasteiger partial charge is 0.246 e. The summed E-state index contributed by atoms with van der Waals surface area (Å²) in [5, 5.41) is 15.8. The van der Waals surface area contributed by atoms with Crippen LogP contribution >= 0.6 is 0 Å². The van der Waals surface area contributed by atoms with E-state index >= 15 is 0 Å². The fraction of sp³-hybridized carbons (Fsp3) is 0.684. The summed E-state index contributed by atoms with van der Waals surface area (Å²) in [5.74, 6) is 0.0139. The molecule has 0 spiro atoms. The monoisotopic (exact) mass is 350 g/mol. The molecular formula is C19H30N2O4. The predicted molar refractivity (Wildman–Crippen MR) is 96.2 cm³/mol. The molecule has 4 unspecified atom stereocenters. The molecule has 2 rings (SSSR count). The summed E-state index contributed by atoms with van der Waals surface area (Å²) in [5.41, 5.74) is -0.489. The van der Waals surface area contributed by atoms with Crippen LogP contribution in [0.5, 0.6) is 0 Å². The first kappa shape index (κ1) is 19.7. The van der Waals surface area contributed by atoms with Crippen molar-refractivity contribution in [2.45, 2.75) is 64.1 Å².